The number of methoxy groups -OCH3 is 4. The summed E-state index contributed by atoms with van der Waals surface area (Å²) < 4.78 is 26.2. The fourth-order valence-electron chi connectivity index (χ4n) is 3.06. The van der Waals surface area contributed by atoms with Crippen molar-refractivity contribution in [2.75, 3.05) is 40.4 Å². The molecule has 0 spiro atoms. The van der Waals surface area contributed by atoms with Gasteiger partial charge in [0.15, 0.2) is 18.1 Å². The van der Waals surface area contributed by atoms with Gasteiger partial charge < -0.3 is 29.0 Å². The molecule has 0 aliphatic carbocycles. The summed E-state index contributed by atoms with van der Waals surface area (Å²) in [6.45, 7) is -0.547. The lowest BCUT2D eigenvalue weighted by Gasteiger charge is -2.15. The van der Waals surface area contributed by atoms with Gasteiger partial charge in [0.2, 0.25) is 5.78 Å². The van der Waals surface area contributed by atoms with E-state index in [2.05, 4.69) is 5.32 Å². The Morgan fingerprint density at radius 1 is 0.824 bits per heavy atom. The van der Waals surface area contributed by atoms with Crippen LogP contribution < -0.4 is 24.3 Å². The molecule has 0 atom stereocenters. The predicted octanol–water partition coefficient (Wildman–Crippen LogP) is 4.07. The topological polar surface area (TPSA) is 109 Å². The number of carbonyl (C=O) groups is 3. The fraction of sp³-hybridized carbons (Fsp3) is 0.208. The van der Waals surface area contributed by atoms with Crippen molar-refractivity contribution < 1.29 is 38.1 Å². The van der Waals surface area contributed by atoms with E-state index in [0.717, 1.165) is 0 Å². The molecule has 0 bridgehead atoms. The first-order valence-corrected chi connectivity index (χ1v) is 10.8. The second-order valence-corrected chi connectivity index (χ2v) is 7.70. The highest BCUT2D eigenvalue weighted by Gasteiger charge is 2.22. The summed E-state index contributed by atoms with van der Waals surface area (Å²) in [7, 11) is 5.76. The molecule has 1 heterocycles. The first-order chi connectivity index (χ1) is 16.4. The van der Waals surface area contributed by atoms with Crippen molar-refractivity contribution in [3.05, 3.63) is 63.8 Å². The maximum Gasteiger partial charge on any atom is 0.340 e. The van der Waals surface area contributed by atoms with Crippen molar-refractivity contribution in [3.8, 4) is 23.0 Å². The van der Waals surface area contributed by atoms with E-state index in [1.165, 1.54) is 58.0 Å². The van der Waals surface area contributed by atoms with Gasteiger partial charge in [-0.3, -0.25) is 9.59 Å². The van der Waals surface area contributed by atoms with Gasteiger partial charge in [0.1, 0.15) is 11.5 Å². The molecule has 0 radical (unpaired) electrons. The van der Waals surface area contributed by atoms with Crippen LogP contribution in [-0.4, -0.2) is 52.7 Å². The van der Waals surface area contributed by atoms with E-state index >= 15 is 0 Å². The van der Waals surface area contributed by atoms with E-state index in [1.54, 1.807) is 29.6 Å². The van der Waals surface area contributed by atoms with Gasteiger partial charge in [0.05, 0.1) is 50.1 Å². The summed E-state index contributed by atoms with van der Waals surface area (Å²) >= 11 is 1.25. The monoisotopic (exact) mass is 485 g/mol. The van der Waals surface area contributed by atoms with Crippen LogP contribution in [0.4, 0.5) is 5.69 Å². The van der Waals surface area contributed by atoms with Crippen LogP contribution in [-0.2, 0) is 4.74 Å². The van der Waals surface area contributed by atoms with Crippen LogP contribution in [0.1, 0.15) is 30.4 Å². The summed E-state index contributed by atoms with van der Waals surface area (Å²) in [5, 5.41) is 4.45. The molecule has 0 saturated heterocycles. The maximum atomic E-state index is 12.9. The lowest BCUT2D eigenvalue weighted by atomic mass is 10.1. The highest BCUT2D eigenvalue weighted by Crippen LogP contribution is 2.34. The van der Waals surface area contributed by atoms with E-state index in [0.29, 0.717) is 16.4 Å². The van der Waals surface area contributed by atoms with Crippen molar-refractivity contribution in [1.82, 2.24) is 0 Å². The first-order valence-electron chi connectivity index (χ1n) is 9.95. The highest BCUT2D eigenvalue weighted by atomic mass is 32.1. The van der Waals surface area contributed by atoms with Gasteiger partial charge >= 0.3 is 5.97 Å². The van der Waals surface area contributed by atoms with Gasteiger partial charge in [-0.05, 0) is 23.6 Å². The fourth-order valence-corrected chi connectivity index (χ4v) is 3.68. The summed E-state index contributed by atoms with van der Waals surface area (Å²) in [5.74, 6) is -0.348. The van der Waals surface area contributed by atoms with Gasteiger partial charge in [-0.15, -0.1) is 11.3 Å². The number of esters is 1. The van der Waals surface area contributed by atoms with E-state index in [-0.39, 0.29) is 28.3 Å². The Labute approximate surface area is 200 Å². The third-order valence-corrected chi connectivity index (χ3v) is 5.65. The number of ketones is 1. The summed E-state index contributed by atoms with van der Waals surface area (Å²) in [6, 6.07) is 10.9. The average Bonchev–Trinajstić information content (AvgIpc) is 3.41. The first kappa shape index (κ1) is 24.6. The number of nitrogens with one attached hydrogen (secondary N) is 1. The number of hydrogen-bond acceptors (Lipinski definition) is 9. The van der Waals surface area contributed by atoms with E-state index in [9.17, 15) is 14.4 Å². The van der Waals surface area contributed by atoms with Gasteiger partial charge in [-0.2, -0.15) is 0 Å². The van der Waals surface area contributed by atoms with Gasteiger partial charge in [-0.25, -0.2) is 4.79 Å². The second kappa shape index (κ2) is 11.2. The minimum absolute atomic E-state index is 0.00273. The minimum atomic E-state index is -0.830. The molecule has 1 N–H and O–H groups in total. The molecule has 9 nitrogen and oxygen atoms in total. The lowest BCUT2D eigenvalue weighted by Crippen LogP contribution is -2.18. The smallest absolute Gasteiger partial charge is 0.340 e. The Kier molecular flexibility index (Phi) is 8.10. The quantitative estimate of drug-likeness (QED) is 0.338. The standard InChI is InChI=1S/C24H23NO8S/c1-29-14-7-8-15(19(10-14)30-2)18(26)13-33-24(28)16-11-20(31-3)21(32-4)12-17(16)25-23(27)22-6-5-9-34-22/h5-12H,13H2,1-4H3,(H,25,27). The third-order valence-electron chi connectivity index (χ3n) is 4.78. The SMILES string of the molecule is COc1ccc(C(=O)COC(=O)c2cc(OC)c(OC)cc2NC(=O)c2cccs2)c(OC)c1. The highest BCUT2D eigenvalue weighted by molar-refractivity contribution is 7.12. The molecule has 10 heteroatoms. The summed E-state index contributed by atoms with van der Waals surface area (Å²) in [5.41, 5.74) is 0.377. The van der Waals surface area contributed by atoms with Crippen molar-refractivity contribution in [2.45, 2.75) is 0 Å². The zero-order valence-electron chi connectivity index (χ0n) is 19.0. The van der Waals surface area contributed by atoms with Gasteiger partial charge in [-0.1, -0.05) is 6.07 Å². The lowest BCUT2D eigenvalue weighted by molar-refractivity contribution is 0.0474. The minimum Gasteiger partial charge on any atom is -0.497 e. The van der Waals surface area contributed by atoms with Crippen molar-refractivity contribution in [2.24, 2.45) is 0 Å². The van der Waals surface area contributed by atoms with Crippen LogP contribution in [0.5, 0.6) is 23.0 Å². The van der Waals surface area contributed by atoms with Crippen molar-refractivity contribution in [3.63, 3.8) is 0 Å². The molecule has 3 aromatic rings. The van der Waals surface area contributed by atoms with Crippen LogP contribution in [0, 0.1) is 0 Å². The Hall–Kier alpha value is -4.05. The van der Waals surface area contributed by atoms with Crippen LogP contribution in [0.25, 0.3) is 0 Å². The summed E-state index contributed by atoms with van der Waals surface area (Å²) in [4.78, 5) is 38.6. The molecule has 0 fully saturated rings. The third kappa shape index (κ3) is 5.46. The van der Waals surface area contributed by atoms with Crippen LogP contribution in [0.2, 0.25) is 0 Å². The number of thiophene rings is 1. The predicted molar refractivity (Wildman–Crippen MR) is 126 cm³/mol. The van der Waals surface area contributed by atoms with Crippen LogP contribution >= 0.6 is 11.3 Å². The number of ether oxygens (including phenoxy) is 5. The molecule has 0 aliphatic heterocycles. The van der Waals surface area contributed by atoms with E-state index < -0.39 is 24.3 Å². The Morgan fingerprint density at radius 2 is 1.53 bits per heavy atom. The van der Waals surface area contributed by atoms with Crippen molar-refractivity contribution in [1.29, 1.82) is 0 Å². The Bertz CT molecular complexity index is 1190. The summed E-state index contributed by atoms with van der Waals surface area (Å²) in [6.07, 6.45) is 0. The van der Waals surface area contributed by atoms with Crippen LogP contribution in [0.3, 0.4) is 0 Å². The Morgan fingerprint density at radius 3 is 2.15 bits per heavy atom. The molecule has 0 unspecified atom stereocenters. The molecule has 0 aliphatic rings. The average molecular weight is 486 g/mol. The number of anilines is 1. The van der Waals surface area contributed by atoms with Gasteiger partial charge in [0.25, 0.3) is 5.91 Å². The number of Topliss-reactive ketones (excluding diaryl/α,β-unsaturated/α-hetero) is 1. The molecular weight excluding hydrogens is 462 g/mol. The zero-order chi connectivity index (χ0) is 24.7. The molecule has 3 rings (SSSR count). The van der Waals surface area contributed by atoms with Gasteiger partial charge in [0, 0.05) is 18.2 Å². The van der Waals surface area contributed by atoms with E-state index in [4.69, 9.17) is 23.7 Å². The second-order valence-electron chi connectivity index (χ2n) is 6.75. The molecule has 34 heavy (non-hydrogen) atoms. The number of carbonyl (C=O) groups excluding carboxylic acids is 3. The Balaban J connectivity index is 1.84. The van der Waals surface area contributed by atoms with Crippen molar-refractivity contribution >= 4 is 34.7 Å². The van der Waals surface area contributed by atoms with Crippen LogP contribution in [0.15, 0.2) is 47.8 Å². The molecule has 0 saturated carbocycles. The molecule has 1 aromatic heterocycles. The number of amides is 1. The molecular formula is C24H23NO8S. The maximum absolute atomic E-state index is 12.9. The van der Waals surface area contributed by atoms with E-state index in [1.807, 2.05) is 0 Å². The molecule has 1 amide bonds. The number of hydrogen-bond donors (Lipinski definition) is 1. The molecule has 178 valence electrons. The zero-order valence-corrected chi connectivity index (χ0v) is 19.8. The number of benzene rings is 2. The normalized spacial score (nSPS) is 10.2. The largest absolute Gasteiger partial charge is 0.497 e. The molecule has 2 aromatic carbocycles. The number of rotatable bonds is 10.